The average Bonchev–Trinajstić information content (AvgIpc) is 2.96. The first-order valence-corrected chi connectivity index (χ1v) is 7.29. The molecule has 2 heterocycles. The molecule has 1 aromatic heterocycles. The summed E-state index contributed by atoms with van der Waals surface area (Å²) in [5, 5.41) is 5.58. The second-order valence-electron chi connectivity index (χ2n) is 5.07. The van der Waals surface area contributed by atoms with Crippen LogP contribution in [0.2, 0.25) is 0 Å². The van der Waals surface area contributed by atoms with Crippen LogP contribution in [0.3, 0.4) is 0 Å². The Labute approximate surface area is 124 Å². The largest absolute Gasteiger partial charge is 0.454 e. The molecule has 0 saturated heterocycles. The van der Waals surface area contributed by atoms with Crippen molar-refractivity contribution in [2.45, 2.75) is 19.3 Å². The fraction of sp³-hybridized carbons (Fsp3) is 0.438. The quantitative estimate of drug-likeness (QED) is 0.793. The van der Waals surface area contributed by atoms with Gasteiger partial charge < -0.3 is 19.5 Å². The molecule has 0 unspecified atom stereocenters. The van der Waals surface area contributed by atoms with E-state index in [2.05, 4.69) is 10.3 Å². The van der Waals surface area contributed by atoms with Gasteiger partial charge in [-0.15, -0.1) is 0 Å². The van der Waals surface area contributed by atoms with Gasteiger partial charge >= 0.3 is 0 Å². The van der Waals surface area contributed by atoms with Gasteiger partial charge in [-0.05, 0) is 42.8 Å². The van der Waals surface area contributed by atoms with Crippen LogP contribution < -0.4 is 14.8 Å². The first-order chi connectivity index (χ1) is 10.4. The van der Waals surface area contributed by atoms with Crippen LogP contribution in [-0.4, -0.2) is 32.0 Å². The molecular weight excluding hydrogens is 268 g/mol. The Morgan fingerprint density at radius 1 is 1.19 bits per heavy atom. The lowest BCUT2D eigenvalue weighted by Gasteiger charge is -2.09. The van der Waals surface area contributed by atoms with E-state index >= 15 is 0 Å². The molecule has 0 saturated carbocycles. The summed E-state index contributed by atoms with van der Waals surface area (Å²) in [6.45, 7) is 2.03. The fourth-order valence-electron chi connectivity index (χ4n) is 2.46. The van der Waals surface area contributed by atoms with Gasteiger partial charge in [-0.25, -0.2) is 4.98 Å². The fourth-order valence-corrected chi connectivity index (χ4v) is 2.46. The van der Waals surface area contributed by atoms with E-state index in [1.54, 1.807) is 7.11 Å². The van der Waals surface area contributed by atoms with Crippen LogP contribution in [0.1, 0.15) is 19.3 Å². The van der Waals surface area contributed by atoms with Crippen molar-refractivity contribution in [1.29, 1.82) is 0 Å². The number of aromatic nitrogens is 1. The Bertz CT molecular complexity index is 616. The van der Waals surface area contributed by atoms with Crippen molar-refractivity contribution in [2.75, 3.05) is 32.4 Å². The summed E-state index contributed by atoms with van der Waals surface area (Å²) in [6.07, 6.45) is 5.17. The minimum absolute atomic E-state index is 0.293. The topological polar surface area (TPSA) is 52.6 Å². The second-order valence-corrected chi connectivity index (χ2v) is 5.07. The molecule has 1 aromatic carbocycles. The molecule has 0 atom stereocenters. The summed E-state index contributed by atoms with van der Waals surface area (Å²) in [5.41, 5.74) is 0. The van der Waals surface area contributed by atoms with E-state index in [0.717, 1.165) is 60.5 Å². The molecule has 1 N–H and O–H groups in total. The number of rotatable bonds is 7. The first kappa shape index (κ1) is 13.9. The molecule has 21 heavy (non-hydrogen) atoms. The third kappa shape index (κ3) is 3.19. The third-order valence-electron chi connectivity index (χ3n) is 3.58. The Hall–Kier alpha value is -2.01. The summed E-state index contributed by atoms with van der Waals surface area (Å²) < 4.78 is 15.9. The highest BCUT2D eigenvalue weighted by Crippen LogP contribution is 2.37. The molecule has 1 aliphatic heterocycles. The van der Waals surface area contributed by atoms with Crippen molar-refractivity contribution in [2.24, 2.45) is 0 Å². The molecule has 2 aromatic rings. The zero-order valence-electron chi connectivity index (χ0n) is 12.2. The van der Waals surface area contributed by atoms with E-state index in [0.29, 0.717) is 6.79 Å². The minimum Gasteiger partial charge on any atom is -0.454 e. The second kappa shape index (κ2) is 6.63. The summed E-state index contributed by atoms with van der Waals surface area (Å²) in [7, 11) is 1.74. The van der Waals surface area contributed by atoms with Gasteiger partial charge in [0.25, 0.3) is 0 Å². The molecule has 0 radical (unpaired) electrons. The molecule has 0 bridgehead atoms. The lowest BCUT2D eigenvalue weighted by Crippen LogP contribution is -2.04. The van der Waals surface area contributed by atoms with Gasteiger partial charge in [0.2, 0.25) is 6.79 Å². The highest BCUT2D eigenvalue weighted by atomic mass is 16.7. The highest BCUT2D eigenvalue weighted by Gasteiger charge is 2.15. The number of hydrogen-bond donors (Lipinski definition) is 1. The third-order valence-corrected chi connectivity index (χ3v) is 3.58. The van der Waals surface area contributed by atoms with E-state index in [1.165, 1.54) is 0 Å². The van der Waals surface area contributed by atoms with Crippen molar-refractivity contribution in [3.8, 4) is 11.5 Å². The van der Waals surface area contributed by atoms with Gasteiger partial charge in [0.15, 0.2) is 11.5 Å². The maximum absolute atomic E-state index is 5.44. The predicted molar refractivity (Wildman–Crippen MR) is 82.1 cm³/mol. The lowest BCUT2D eigenvalue weighted by atomic mass is 10.1. The number of anilines is 1. The van der Waals surface area contributed by atoms with E-state index < -0.39 is 0 Å². The predicted octanol–water partition coefficient (Wildman–Crippen LogP) is 3.19. The number of ether oxygens (including phenoxy) is 3. The van der Waals surface area contributed by atoms with Crippen LogP contribution in [0.5, 0.6) is 11.5 Å². The smallest absolute Gasteiger partial charge is 0.231 e. The molecule has 0 fully saturated rings. The van der Waals surface area contributed by atoms with E-state index in [-0.39, 0.29) is 0 Å². The number of nitrogens with zero attached hydrogens (tertiary/aromatic N) is 1. The van der Waals surface area contributed by atoms with Crippen molar-refractivity contribution in [3.63, 3.8) is 0 Å². The molecule has 0 aliphatic carbocycles. The van der Waals surface area contributed by atoms with Crippen molar-refractivity contribution in [1.82, 2.24) is 4.98 Å². The maximum atomic E-state index is 5.44. The molecule has 0 amide bonds. The van der Waals surface area contributed by atoms with Crippen LogP contribution in [0, 0.1) is 0 Å². The first-order valence-electron chi connectivity index (χ1n) is 7.29. The molecule has 112 valence electrons. The number of pyridine rings is 1. The lowest BCUT2D eigenvalue weighted by molar-refractivity contribution is 0.174. The zero-order chi connectivity index (χ0) is 14.5. The van der Waals surface area contributed by atoms with Gasteiger partial charge in [-0.3, -0.25) is 0 Å². The van der Waals surface area contributed by atoms with Gasteiger partial charge in [-0.2, -0.15) is 0 Å². The van der Waals surface area contributed by atoms with E-state index in [1.807, 2.05) is 24.4 Å². The zero-order valence-corrected chi connectivity index (χ0v) is 12.2. The van der Waals surface area contributed by atoms with Crippen molar-refractivity contribution >= 4 is 16.6 Å². The van der Waals surface area contributed by atoms with Gasteiger partial charge in [0.05, 0.1) is 0 Å². The van der Waals surface area contributed by atoms with Crippen molar-refractivity contribution in [3.05, 3.63) is 24.4 Å². The monoisotopic (exact) mass is 288 g/mol. The number of nitrogens with one attached hydrogen (secondary N) is 1. The van der Waals surface area contributed by atoms with Crippen LogP contribution >= 0.6 is 0 Å². The van der Waals surface area contributed by atoms with Crippen LogP contribution in [0.15, 0.2) is 24.4 Å². The maximum Gasteiger partial charge on any atom is 0.231 e. The van der Waals surface area contributed by atoms with E-state index in [4.69, 9.17) is 14.2 Å². The van der Waals surface area contributed by atoms with Gasteiger partial charge in [0, 0.05) is 31.8 Å². The van der Waals surface area contributed by atoms with Crippen LogP contribution in [0.25, 0.3) is 10.8 Å². The molecule has 5 heteroatoms. The summed E-state index contributed by atoms with van der Waals surface area (Å²) in [4.78, 5) is 4.43. The van der Waals surface area contributed by atoms with E-state index in [9.17, 15) is 0 Å². The molecular formula is C16H20N2O3. The summed E-state index contributed by atoms with van der Waals surface area (Å²) >= 11 is 0. The number of benzene rings is 1. The number of unbranched alkanes of at least 4 members (excludes halogenated alkanes) is 2. The number of hydrogen-bond acceptors (Lipinski definition) is 5. The molecule has 1 aliphatic rings. The number of fused-ring (bicyclic) bond motifs is 2. The summed E-state index contributed by atoms with van der Waals surface area (Å²) in [6, 6.07) is 5.99. The van der Waals surface area contributed by atoms with Crippen LogP contribution in [0.4, 0.5) is 5.82 Å². The normalized spacial score (nSPS) is 12.8. The molecule has 3 rings (SSSR count). The molecule has 0 spiro atoms. The minimum atomic E-state index is 0.293. The standard InChI is InChI=1S/C16H20N2O3/c1-19-8-4-2-3-6-17-16-13-10-15-14(20-11-21-15)9-12(13)5-7-18-16/h5,7,9-10H,2-4,6,8,11H2,1H3,(H,17,18). The van der Waals surface area contributed by atoms with Gasteiger partial charge in [-0.1, -0.05) is 0 Å². The Morgan fingerprint density at radius 3 is 2.90 bits per heavy atom. The average molecular weight is 288 g/mol. The van der Waals surface area contributed by atoms with Crippen LogP contribution in [-0.2, 0) is 4.74 Å². The number of methoxy groups -OCH3 is 1. The SMILES string of the molecule is COCCCCCNc1nccc2cc3c(cc12)OCO3. The highest BCUT2D eigenvalue weighted by molar-refractivity contribution is 5.94. The Balaban J connectivity index is 1.67. The Morgan fingerprint density at radius 2 is 2.05 bits per heavy atom. The van der Waals surface area contributed by atoms with Crippen molar-refractivity contribution < 1.29 is 14.2 Å². The molecule has 5 nitrogen and oxygen atoms in total. The Kier molecular flexibility index (Phi) is 4.40. The summed E-state index contributed by atoms with van der Waals surface area (Å²) in [5.74, 6) is 2.50. The van der Waals surface area contributed by atoms with Gasteiger partial charge in [0.1, 0.15) is 5.82 Å².